The van der Waals surface area contributed by atoms with Gasteiger partial charge in [0.05, 0.1) is 16.6 Å². The number of urea groups is 1. The molecule has 0 aliphatic heterocycles. The van der Waals surface area contributed by atoms with E-state index in [1.807, 2.05) is 54.6 Å². The van der Waals surface area contributed by atoms with Crippen LogP contribution < -0.4 is 10.6 Å². The minimum Gasteiger partial charge on any atom is -0.334 e. The summed E-state index contributed by atoms with van der Waals surface area (Å²) >= 11 is 1.53. The average molecular weight is 333 g/mol. The second-order valence-corrected chi connectivity index (χ2v) is 6.23. The number of carbonyl (C=O) groups is 1. The minimum absolute atomic E-state index is 0.249. The maximum atomic E-state index is 12.0. The molecule has 2 aromatic carbocycles. The Morgan fingerprint density at radius 2 is 1.75 bits per heavy atom. The highest BCUT2D eigenvalue weighted by molar-refractivity contribution is 7.19. The third-order valence-corrected chi connectivity index (χ3v) is 4.49. The van der Waals surface area contributed by atoms with Gasteiger partial charge in [-0.25, -0.2) is 4.79 Å². The molecule has 24 heavy (non-hydrogen) atoms. The molecule has 0 saturated carbocycles. The van der Waals surface area contributed by atoms with Crippen LogP contribution >= 0.6 is 11.3 Å². The van der Waals surface area contributed by atoms with E-state index in [9.17, 15) is 4.79 Å². The summed E-state index contributed by atoms with van der Waals surface area (Å²) in [5.74, 6) is 0. The highest BCUT2D eigenvalue weighted by Gasteiger charge is 2.06. The number of nitrogens with one attached hydrogen (secondary N) is 2. The third kappa shape index (κ3) is 4.00. The Morgan fingerprint density at radius 3 is 2.46 bits per heavy atom. The summed E-state index contributed by atoms with van der Waals surface area (Å²) in [6.07, 6.45) is 0. The quantitative estimate of drug-likeness (QED) is 0.732. The van der Waals surface area contributed by atoms with Gasteiger partial charge in [-0.3, -0.25) is 5.32 Å². The van der Waals surface area contributed by atoms with Crippen molar-refractivity contribution in [2.45, 2.75) is 6.54 Å². The lowest BCUT2D eigenvalue weighted by atomic mass is 10.1. The van der Waals surface area contributed by atoms with Crippen LogP contribution in [0.4, 0.5) is 9.80 Å². The summed E-state index contributed by atoms with van der Waals surface area (Å²) in [7, 11) is 0. The molecule has 118 valence electrons. The van der Waals surface area contributed by atoms with Crippen LogP contribution in [0.25, 0.3) is 10.4 Å². The molecule has 4 nitrogen and oxygen atoms in total. The number of nitriles is 1. The van der Waals surface area contributed by atoms with Gasteiger partial charge in [0.25, 0.3) is 0 Å². The van der Waals surface area contributed by atoms with Gasteiger partial charge in [-0.15, -0.1) is 11.3 Å². The Bertz CT molecular complexity index is 864. The predicted molar refractivity (Wildman–Crippen MR) is 96.8 cm³/mol. The van der Waals surface area contributed by atoms with E-state index in [1.165, 1.54) is 11.3 Å². The number of carbonyl (C=O) groups excluding carboxylic acids is 1. The highest BCUT2D eigenvalue weighted by atomic mass is 32.1. The Labute approximate surface area is 144 Å². The zero-order chi connectivity index (χ0) is 16.8. The first-order valence-corrected chi connectivity index (χ1v) is 8.25. The molecule has 0 atom stereocenters. The molecule has 0 saturated heterocycles. The van der Waals surface area contributed by atoms with Crippen LogP contribution in [0.2, 0.25) is 0 Å². The van der Waals surface area contributed by atoms with Gasteiger partial charge >= 0.3 is 6.03 Å². The summed E-state index contributed by atoms with van der Waals surface area (Å²) in [6, 6.07) is 22.9. The fourth-order valence-corrected chi connectivity index (χ4v) is 3.10. The van der Waals surface area contributed by atoms with Crippen LogP contribution in [0, 0.1) is 11.3 Å². The smallest absolute Gasteiger partial charge is 0.320 e. The molecule has 0 unspecified atom stereocenters. The zero-order valence-corrected chi connectivity index (χ0v) is 13.6. The fraction of sp³-hybridized carbons (Fsp3) is 0.0526. The first-order chi connectivity index (χ1) is 11.7. The maximum Gasteiger partial charge on any atom is 0.320 e. The number of hydrogen-bond acceptors (Lipinski definition) is 3. The SMILES string of the molecule is N#Cc1ccc(CNC(=O)Nc2ccc(-c3ccccc3)s2)cc1. The van der Waals surface area contributed by atoms with E-state index in [1.54, 1.807) is 12.1 Å². The van der Waals surface area contributed by atoms with E-state index >= 15 is 0 Å². The van der Waals surface area contributed by atoms with Gasteiger partial charge in [0.15, 0.2) is 0 Å². The lowest BCUT2D eigenvalue weighted by molar-refractivity contribution is 0.252. The molecule has 0 bridgehead atoms. The van der Waals surface area contributed by atoms with Gasteiger partial charge in [0, 0.05) is 11.4 Å². The number of benzene rings is 2. The molecular formula is C19H15N3OS. The molecule has 0 spiro atoms. The fourth-order valence-electron chi connectivity index (χ4n) is 2.20. The lowest BCUT2D eigenvalue weighted by Gasteiger charge is -2.06. The van der Waals surface area contributed by atoms with Crippen molar-refractivity contribution in [3.63, 3.8) is 0 Å². The van der Waals surface area contributed by atoms with E-state index in [4.69, 9.17) is 5.26 Å². The molecule has 1 aromatic heterocycles. The highest BCUT2D eigenvalue weighted by Crippen LogP contribution is 2.30. The van der Waals surface area contributed by atoms with Gasteiger partial charge in [-0.2, -0.15) is 5.26 Å². The summed E-state index contributed by atoms with van der Waals surface area (Å²) in [5, 5.41) is 15.2. The Kier molecular flexibility index (Phi) is 4.90. The zero-order valence-electron chi connectivity index (χ0n) is 12.8. The van der Waals surface area contributed by atoms with Gasteiger partial charge in [-0.1, -0.05) is 42.5 Å². The molecule has 5 heteroatoms. The second-order valence-electron chi connectivity index (χ2n) is 5.15. The maximum absolute atomic E-state index is 12.0. The first-order valence-electron chi connectivity index (χ1n) is 7.44. The molecule has 3 aromatic rings. The summed E-state index contributed by atoms with van der Waals surface area (Å²) in [6.45, 7) is 0.411. The van der Waals surface area contributed by atoms with Crippen LogP contribution in [-0.4, -0.2) is 6.03 Å². The van der Waals surface area contributed by atoms with Crippen molar-refractivity contribution in [1.29, 1.82) is 5.26 Å². The van der Waals surface area contributed by atoms with Crippen LogP contribution in [0.1, 0.15) is 11.1 Å². The Hall–Kier alpha value is -3.10. The third-order valence-electron chi connectivity index (χ3n) is 3.44. The number of amides is 2. The Balaban J connectivity index is 1.55. The van der Waals surface area contributed by atoms with E-state index < -0.39 is 0 Å². The molecule has 3 rings (SSSR count). The standard InChI is InChI=1S/C19H15N3OS/c20-12-14-6-8-15(9-7-14)13-21-19(23)22-18-11-10-17(24-18)16-4-2-1-3-5-16/h1-11H,13H2,(H2,21,22,23). The van der Waals surface area contributed by atoms with Gasteiger partial charge in [0.1, 0.15) is 0 Å². The largest absolute Gasteiger partial charge is 0.334 e. The number of nitrogens with zero attached hydrogens (tertiary/aromatic N) is 1. The molecule has 0 aliphatic carbocycles. The molecule has 2 N–H and O–H groups in total. The molecule has 0 aliphatic rings. The van der Waals surface area contributed by atoms with Crippen molar-refractivity contribution in [3.8, 4) is 16.5 Å². The minimum atomic E-state index is -0.249. The Morgan fingerprint density at radius 1 is 1.00 bits per heavy atom. The number of hydrogen-bond donors (Lipinski definition) is 2. The van der Waals surface area contributed by atoms with Gasteiger partial charge < -0.3 is 5.32 Å². The van der Waals surface area contributed by atoms with Gasteiger partial charge in [0.2, 0.25) is 0 Å². The van der Waals surface area contributed by atoms with Crippen molar-refractivity contribution in [2.75, 3.05) is 5.32 Å². The van der Waals surface area contributed by atoms with Crippen molar-refractivity contribution < 1.29 is 4.79 Å². The summed E-state index contributed by atoms with van der Waals surface area (Å²) < 4.78 is 0. The number of thiophene rings is 1. The molecular weight excluding hydrogens is 318 g/mol. The van der Waals surface area contributed by atoms with Crippen LogP contribution in [0.3, 0.4) is 0 Å². The summed E-state index contributed by atoms with van der Waals surface area (Å²) in [5.41, 5.74) is 2.68. The lowest BCUT2D eigenvalue weighted by Crippen LogP contribution is -2.27. The summed E-state index contributed by atoms with van der Waals surface area (Å²) in [4.78, 5) is 13.1. The van der Waals surface area contributed by atoms with Crippen molar-refractivity contribution in [2.24, 2.45) is 0 Å². The predicted octanol–water partition coefficient (Wildman–Crippen LogP) is 4.61. The van der Waals surface area contributed by atoms with Crippen molar-refractivity contribution >= 4 is 22.4 Å². The molecule has 0 fully saturated rings. The van der Waals surface area contributed by atoms with Crippen molar-refractivity contribution in [3.05, 3.63) is 77.9 Å². The molecule has 0 radical (unpaired) electrons. The first kappa shape index (κ1) is 15.8. The van der Waals surface area contributed by atoms with E-state index in [-0.39, 0.29) is 6.03 Å². The van der Waals surface area contributed by atoms with Crippen LogP contribution in [0.15, 0.2) is 66.7 Å². The second kappa shape index (κ2) is 7.44. The number of anilines is 1. The van der Waals surface area contributed by atoms with Crippen LogP contribution in [0.5, 0.6) is 0 Å². The van der Waals surface area contributed by atoms with E-state index in [2.05, 4.69) is 16.7 Å². The van der Waals surface area contributed by atoms with Gasteiger partial charge in [-0.05, 0) is 35.4 Å². The van der Waals surface area contributed by atoms with E-state index in [0.717, 1.165) is 21.0 Å². The van der Waals surface area contributed by atoms with Crippen molar-refractivity contribution in [1.82, 2.24) is 5.32 Å². The molecule has 1 heterocycles. The number of rotatable bonds is 4. The molecule has 2 amide bonds. The normalized spacial score (nSPS) is 9.96. The topological polar surface area (TPSA) is 64.9 Å². The van der Waals surface area contributed by atoms with Crippen LogP contribution in [-0.2, 0) is 6.54 Å². The average Bonchev–Trinajstić information content (AvgIpc) is 3.09. The monoisotopic (exact) mass is 333 g/mol. The van der Waals surface area contributed by atoms with E-state index in [0.29, 0.717) is 12.1 Å².